The molecule has 0 bridgehead atoms. The van der Waals surface area contributed by atoms with Gasteiger partial charge >= 0.3 is 0 Å². The molecule has 5 nitrogen and oxygen atoms in total. The van der Waals surface area contributed by atoms with Crippen molar-refractivity contribution in [3.63, 3.8) is 0 Å². The first-order valence-corrected chi connectivity index (χ1v) is 9.03. The van der Waals surface area contributed by atoms with Gasteiger partial charge in [-0.15, -0.1) is 0 Å². The van der Waals surface area contributed by atoms with Crippen LogP contribution in [0.4, 0.5) is 5.69 Å². The van der Waals surface area contributed by atoms with Crippen molar-refractivity contribution >= 4 is 17.6 Å². The van der Waals surface area contributed by atoms with Gasteiger partial charge in [-0.2, -0.15) is 0 Å². The van der Waals surface area contributed by atoms with Gasteiger partial charge in [-0.3, -0.25) is 4.79 Å². The van der Waals surface area contributed by atoms with Crippen LogP contribution in [-0.4, -0.2) is 43.0 Å². The zero-order valence-corrected chi connectivity index (χ0v) is 15.0. The van der Waals surface area contributed by atoms with Crippen molar-refractivity contribution in [1.82, 2.24) is 4.90 Å². The molecule has 5 heteroatoms. The molecular formula is C20H25N2O3-. The molecule has 0 N–H and O–H groups in total. The van der Waals surface area contributed by atoms with Gasteiger partial charge in [-0.05, 0) is 62.3 Å². The molecule has 0 radical (unpaired) electrons. The number of hydrogen-bond donors (Lipinski definition) is 0. The molecule has 1 amide bonds. The minimum atomic E-state index is -1.18. The van der Waals surface area contributed by atoms with Crippen molar-refractivity contribution in [3.8, 4) is 0 Å². The van der Waals surface area contributed by atoms with Crippen LogP contribution in [-0.2, 0) is 9.59 Å². The Morgan fingerprint density at radius 3 is 2.24 bits per heavy atom. The third kappa shape index (κ3) is 3.55. The number of carbonyl (C=O) groups is 2. The zero-order valence-electron chi connectivity index (χ0n) is 15.0. The van der Waals surface area contributed by atoms with Crippen LogP contribution in [0.15, 0.2) is 29.3 Å². The summed E-state index contributed by atoms with van der Waals surface area (Å²) < 4.78 is 0. The number of hydrogen-bond acceptors (Lipinski definition) is 4. The van der Waals surface area contributed by atoms with E-state index in [4.69, 9.17) is 0 Å². The first-order valence-electron chi connectivity index (χ1n) is 9.03. The van der Waals surface area contributed by atoms with E-state index in [2.05, 4.69) is 36.9 Å². The molecule has 25 heavy (non-hydrogen) atoms. The Bertz CT molecular complexity index is 716. The summed E-state index contributed by atoms with van der Waals surface area (Å²) in [6.07, 6.45) is 2.70. The molecule has 0 aromatic heterocycles. The number of carboxylic acid groups (broad SMARTS) is 1. The minimum absolute atomic E-state index is 0.112. The molecule has 1 aromatic carbocycles. The van der Waals surface area contributed by atoms with Crippen molar-refractivity contribution in [2.75, 3.05) is 31.1 Å². The van der Waals surface area contributed by atoms with Crippen LogP contribution in [0, 0.1) is 13.8 Å². The van der Waals surface area contributed by atoms with Crippen LogP contribution in [0.1, 0.15) is 36.8 Å². The molecule has 1 heterocycles. The van der Waals surface area contributed by atoms with Gasteiger partial charge in [-0.1, -0.05) is 12.1 Å². The fraction of sp³-hybridized carbons (Fsp3) is 0.500. The number of aliphatic carboxylic acids is 1. The van der Waals surface area contributed by atoms with Crippen molar-refractivity contribution in [2.45, 2.75) is 39.5 Å². The minimum Gasteiger partial charge on any atom is -0.545 e. The Labute approximate surface area is 148 Å². The molecule has 1 aliphatic heterocycles. The number of piperazine rings is 1. The van der Waals surface area contributed by atoms with Crippen LogP contribution in [0.2, 0.25) is 0 Å². The monoisotopic (exact) mass is 341 g/mol. The summed E-state index contributed by atoms with van der Waals surface area (Å²) in [7, 11) is 0. The van der Waals surface area contributed by atoms with E-state index >= 15 is 0 Å². The topological polar surface area (TPSA) is 63.7 Å². The highest BCUT2D eigenvalue weighted by atomic mass is 16.4. The van der Waals surface area contributed by atoms with E-state index in [1.807, 2.05) is 0 Å². The predicted molar refractivity (Wildman–Crippen MR) is 95.2 cm³/mol. The number of carbonyl (C=O) groups excluding carboxylic acids is 2. The lowest BCUT2D eigenvalue weighted by Crippen LogP contribution is -2.50. The normalized spacial score (nSPS) is 18.5. The summed E-state index contributed by atoms with van der Waals surface area (Å²) in [5.41, 5.74) is 4.44. The zero-order chi connectivity index (χ0) is 18.0. The van der Waals surface area contributed by atoms with E-state index in [0.29, 0.717) is 31.5 Å². The highest BCUT2D eigenvalue weighted by Gasteiger charge is 2.27. The highest BCUT2D eigenvalue weighted by molar-refractivity contribution is 6.01. The van der Waals surface area contributed by atoms with Gasteiger partial charge < -0.3 is 19.7 Å². The number of amides is 1. The van der Waals surface area contributed by atoms with Crippen molar-refractivity contribution < 1.29 is 14.7 Å². The third-order valence-electron chi connectivity index (χ3n) is 5.46. The first-order chi connectivity index (χ1) is 12.0. The summed E-state index contributed by atoms with van der Waals surface area (Å²) in [6, 6.07) is 6.29. The highest BCUT2D eigenvalue weighted by Crippen LogP contribution is 2.28. The maximum Gasteiger partial charge on any atom is 0.250 e. The maximum absolute atomic E-state index is 12.8. The van der Waals surface area contributed by atoms with Crippen molar-refractivity contribution in [1.29, 1.82) is 0 Å². The number of rotatable bonds is 3. The number of nitrogens with zero attached hydrogens (tertiary/aromatic N) is 2. The Hall–Kier alpha value is -2.30. The number of aryl methyl sites for hydroxylation is 1. The average Bonchev–Trinajstić information content (AvgIpc) is 2.63. The lowest BCUT2D eigenvalue weighted by molar-refractivity contribution is -0.299. The van der Waals surface area contributed by atoms with E-state index in [9.17, 15) is 14.7 Å². The first kappa shape index (κ1) is 17.5. The molecule has 1 saturated heterocycles. The predicted octanol–water partition coefficient (Wildman–Crippen LogP) is 1.57. The summed E-state index contributed by atoms with van der Waals surface area (Å²) in [4.78, 5) is 28.2. The Balaban J connectivity index is 1.71. The van der Waals surface area contributed by atoms with Crippen LogP contribution < -0.4 is 10.0 Å². The van der Waals surface area contributed by atoms with E-state index in [0.717, 1.165) is 25.9 Å². The molecule has 2 aliphatic rings. The molecule has 1 fully saturated rings. The van der Waals surface area contributed by atoms with E-state index in [-0.39, 0.29) is 11.5 Å². The van der Waals surface area contributed by atoms with Gasteiger partial charge in [0.25, 0.3) is 0 Å². The molecule has 1 aromatic rings. The van der Waals surface area contributed by atoms with E-state index in [1.165, 1.54) is 16.8 Å². The SMILES string of the molecule is Cc1cccc(N2CCN(C(=O)C3=C(C(=O)[O-])CCCC3)CC2)c1C. The van der Waals surface area contributed by atoms with Gasteiger partial charge in [0.05, 0.1) is 5.97 Å². The van der Waals surface area contributed by atoms with Crippen LogP contribution in [0.5, 0.6) is 0 Å². The second-order valence-electron chi connectivity index (χ2n) is 6.95. The smallest absolute Gasteiger partial charge is 0.250 e. The second-order valence-corrected chi connectivity index (χ2v) is 6.95. The fourth-order valence-electron chi connectivity index (χ4n) is 3.79. The van der Waals surface area contributed by atoms with Gasteiger partial charge in [0.1, 0.15) is 0 Å². The third-order valence-corrected chi connectivity index (χ3v) is 5.46. The molecule has 0 unspecified atom stereocenters. The van der Waals surface area contributed by atoms with Crippen LogP contribution in [0.25, 0.3) is 0 Å². The summed E-state index contributed by atoms with van der Waals surface area (Å²) >= 11 is 0. The second kappa shape index (κ2) is 7.30. The van der Waals surface area contributed by atoms with Gasteiger partial charge in [0, 0.05) is 37.4 Å². The van der Waals surface area contributed by atoms with E-state index < -0.39 is 5.97 Å². The summed E-state index contributed by atoms with van der Waals surface area (Å²) in [6.45, 7) is 7.01. The maximum atomic E-state index is 12.8. The molecule has 0 saturated carbocycles. The molecule has 1 aliphatic carbocycles. The number of benzene rings is 1. The number of carboxylic acids is 1. The molecule has 0 atom stereocenters. The van der Waals surface area contributed by atoms with Crippen LogP contribution >= 0.6 is 0 Å². The summed E-state index contributed by atoms with van der Waals surface area (Å²) in [5.74, 6) is -1.29. The summed E-state index contributed by atoms with van der Waals surface area (Å²) in [5, 5.41) is 11.3. The van der Waals surface area contributed by atoms with Crippen molar-refractivity contribution in [3.05, 3.63) is 40.5 Å². The molecular weight excluding hydrogens is 316 g/mol. The van der Waals surface area contributed by atoms with Gasteiger partial charge in [0.15, 0.2) is 0 Å². The van der Waals surface area contributed by atoms with Crippen molar-refractivity contribution in [2.24, 2.45) is 0 Å². The lowest BCUT2D eigenvalue weighted by atomic mass is 9.90. The lowest BCUT2D eigenvalue weighted by Gasteiger charge is -2.38. The molecule has 134 valence electrons. The average molecular weight is 341 g/mol. The Morgan fingerprint density at radius 1 is 0.960 bits per heavy atom. The molecule has 3 rings (SSSR count). The van der Waals surface area contributed by atoms with Gasteiger partial charge in [-0.25, -0.2) is 0 Å². The van der Waals surface area contributed by atoms with Crippen LogP contribution in [0.3, 0.4) is 0 Å². The largest absolute Gasteiger partial charge is 0.545 e. The fourth-order valence-corrected chi connectivity index (χ4v) is 3.79. The Morgan fingerprint density at radius 2 is 1.60 bits per heavy atom. The van der Waals surface area contributed by atoms with E-state index in [1.54, 1.807) is 4.90 Å². The quantitative estimate of drug-likeness (QED) is 0.837. The number of anilines is 1. The van der Waals surface area contributed by atoms with Gasteiger partial charge in [0.2, 0.25) is 5.91 Å². The molecule has 0 spiro atoms. The standard InChI is InChI=1S/C20H26N2O3/c1-14-6-5-9-18(15(14)2)21-10-12-22(13-11-21)19(23)16-7-3-4-8-17(16)20(24)25/h5-6,9H,3-4,7-8,10-13H2,1-2H3,(H,24,25)/p-1. The Kier molecular flexibility index (Phi) is 5.11.